The molecule has 1 N–H and O–H groups in total. The molecule has 0 saturated carbocycles. The van der Waals surface area contributed by atoms with Gasteiger partial charge in [-0.05, 0) is 70.2 Å². The number of esters is 1. The van der Waals surface area contributed by atoms with E-state index in [-0.39, 0.29) is 31.3 Å². The Labute approximate surface area is 269 Å². The van der Waals surface area contributed by atoms with Crippen LogP contribution in [0.3, 0.4) is 0 Å². The van der Waals surface area contributed by atoms with E-state index in [1.807, 2.05) is 82.3 Å². The predicted molar refractivity (Wildman–Crippen MR) is 170 cm³/mol. The summed E-state index contributed by atoms with van der Waals surface area (Å²) >= 11 is 22.2. The van der Waals surface area contributed by atoms with Crippen molar-refractivity contribution >= 4 is 58.3 Å². The summed E-state index contributed by atoms with van der Waals surface area (Å²) in [5.74, 6) is -0.609. The van der Waals surface area contributed by atoms with Crippen LogP contribution in [0.5, 0.6) is 5.75 Å². The number of amides is 1. The van der Waals surface area contributed by atoms with Crippen molar-refractivity contribution in [1.29, 1.82) is 0 Å². The van der Waals surface area contributed by atoms with Crippen molar-refractivity contribution in [3.05, 3.63) is 77.3 Å². The largest absolute Gasteiger partial charge is 0.495 e. The molecule has 3 unspecified atom stereocenters. The van der Waals surface area contributed by atoms with Crippen molar-refractivity contribution in [1.82, 2.24) is 5.32 Å². The van der Waals surface area contributed by atoms with Crippen LogP contribution in [0.15, 0.2) is 66.7 Å². The number of carbonyl (C=O) groups is 2. The van der Waals surface area contributed by atoms with E-state index in [1.165, 1.54) is 6.08 Å². The normalized spacial score (nSPS) is 18.1. The standard InChI is InChI=1S/C17H26Cl3NO5.C8H9ClO.C6H6/c1-11(15-12(2)25-16(3,4)26-15)7-5-6-8-13(22)21-9-14(23)24-10-17(18,19)20;1-6-3-4-8(10-2)7(9)5-6;1-2-4-6-5-3-1/h6,8,11-12,15H,5,7,9-10H2,1-4H3,(H,21,22);3-5H,1-2H3;1-6H/b8-6+;;. The van der Waals surface area contributed by atoms with Crippen molar-refractivity contribution in [3.63, 3.8) is 0 Å². The van der Waals surface area contributed by atoms with Gasteiger partial charge in [-0.2, -0.15) is 0 Å². The van der Waals surface area contributed by atoms with Gasteiger partial charge in [0.15, 0.2) is 5.79 Å². The number of nitrogens with one attached hydrogen (secondary N) is 1. The second kappa shape index (κ2) is 19.3. The number of carbonyl (C=O) groups excluding carboxylic acids is 2. The first-order valence-corrected chi connectivity index (χ1v) is 15.0. The number of allylic oxidation sites excluding steroid dienone is 1. The highest BCUT2D eigenvalue weighted by atomic mass is 35.6. The van der Waals surface area contributed by atoms with Crippen molar-refractivity contribution in [2.75, 3.05) is 20.3 Å². The summed E-state index contributed by atoms with van der Waals surface area (Å²) in [4.78, 5) is 23.0. The van der Waals surface area contributed by atoms with E-state index in [0.717, 1.165) is 17.7 Å². The van der Waals surface area contributed by atoms with E-state index in [4.69, 9.17) is 65.4 Å². The summed E-state index contributed by atoms with van der Waals surface area (Å²) in [6.45, 7) is 9.23. The summed E-state index contributed by atoms with van der Waals surface area (Å²) in [6, 6.07) is 17.7. The van der Waals surface area contributed by atoms with Crippen LogP contribution in [0, 0.1) is 12.8 Å². The SMILES string of the molecule is CC(CC/C=C/C(=O)NCC(=O)OCC(Cl)(Cl)Cl)C1OC(C)(C)OC1C.COc1ccc(C)cc1Cl.c1ccccc1. The molecule has 0 spiro atoms. The van der Waals surface area contributed by atoms with Gasteiger partial charge < -0.3 is 24.3 Å². The molecule has 42 heavy (non-hydrogen) atoms. The lowest BCUT2D eigenvalue weighted by molar-refractivity contribution is -0.149. The van der Waals surface area contributed by atoms with Gasteiger partial charge in [-0.3, -0.25) is 9.59 Å². The average molecular weight is 665 g/mol. The fourth-order valence-corrected chi connectivity index (χ4v) is 4.32. The molecule has 1 fully saturated rings. The van der Waals surface area contributed by atoms with Gasteiger partial charge in [-0.25, -0.2) is 0 Å². The Balaban J connectivity index is 0.000000442. The number of aryl methyl sites for hydroxylation is 1. The minimum absolute atomic E-state index is 0.0277. The molecule has 234 valence electrons. The zero-order valence-corrected chi connectivity index (χ0v) is 27.9. The number of hydrogen-bond acceptors (Lipinski definition) is 6. The van der Waals surface area contributed by atoms with E-state index in [0.29, 0.717) is 11.4 Å². The summed E-state index contributed by atoms with van der Waals surface area (Å²) < 4.78 is 19.7. The van der Waals surface area contributed by atoms with Crippen LogP contribution in [0.1, 0.15) is 46.1 Å². The summed E-state index contributed by atoms with van der Waals surface area (Å²) in [7, 11) is 1.61. The van der Waals surface area contributed by atoms with Crippen molar-refractivity contribution in [2.45, 2.75) is 69.2 Å². The van der Waals surface area contributed by atoms with Crippen LogP contribution in [0.4, 0.5) is 0 Å². The Morgan fingerprint density at radius 1 is 1.10 bits per heavy atom. The van der Waals surface area contributed by atoms with E-state index < -0.39 is 21.5 Å². The van der Waals surface area contributed by atoms with Gasteiger partial charge in [0.1, 0.15) is 18.9 Å². The Bertz CT molecular complexity index is 1080. The maximum atomic E-state index is 11.7. The van der Waals surface area contributed by atoms with Gasteiger partial charge >= 0.3 is 5.97 Å². The maximum Gasteiger partial charge on any atom is 0.325 e. The number of rotatable bonds is 9. The minimum Gasteiger partial charge on any atom is -0.495 e. The molecule has 1 aliphatic rings. The van der Waals surface area contributed by atoms with Crippen molar-refractivity contribution < 1.29 is 28.5 Å². The third-order valence-electron chi connectivity index (χ3n) is 5.75. The van der Waals surface area contributed by atoms with Gasteiger partial charge in [0.2, 0.25) is 9.70 Å². The first-order valence-electron chi connectivity index (χ1n) is 13.5. The zero-order valence-electron chi connectivity index (χ0n) is 24.9. The smallest absolute Gasteiger partial charge is 0.325 e. The average Bonchev–Trinajstić information content (AvgIpc) is 3.22. The fourth-order valence-electron chi connectivity index (χ4n) is 3.85. The zero-order chi connectivity index (χ0) is 31.8. The third-order valence-corrected chi connectivity index (χ3v) is 6.37. The molecule has 1 saturated heterocycles. The molecule has 3 rings (SSSR count). The van der Waals surface area contributed by atoms with E-state index >= 15 is 0 Å². The third kappa shape index (κ3) is 17.2. The Kier molecular flexibility index (Phi) is 17.5. The highest BCUT2D eigenvalue weighted by molar-refractivity contribution is 6.67. The Hall–Kier alpha value is -2.00. The van der Waals surface area contributed by atoms with E-state index in [1.54, 1.807) is 13.2 Å². The molecule has 7 nitrogen and oxygen atoms in total. The molecule has 1 heterocycles. The lowest BCUT2D eigenvalue weighted by atomic mass is 9.95. The molecule has 2 aromatic carbocycles. The molecule has 3 atom stereocenters. The number of alkyl halides is 3. The summed E-state index contributed by atoms with van der Waals surface area (Å²) in [5.41, 5.74) is 1.14. The van der Waals surface area contributed by atoms with Crippen LogP contribution in [-0.2, 0) is 23.8 Å². The monoisotopic (exact) mass is 663 g/mol. The van der Waals surface area contributed by atoms with Gasteiger partial charge in [0.05, 0.1) is 24.3 Å². The maximum absolute atomic E-state index is 11.7. The van der Waals surface area contributed by atoms with Crippen molar-refractivity contribution in [3.8, 4) is 5.75 Å². The second-order valence-electron chi connectivity index (χ2n) is 10.0. The highest BCUT2D eigenvalue weighted by Crippen LogP contribution is 2.33. The summed E-state index contributed by atoms with van der Waals surface area (Å²) in [5, 5.41) is 3.07. The molecule has 1 aliphatic heterocycles. The van der Waals surface area contributed by atoms with Crippen LogP contribution in [-0.4, -0.2) is 53.9 Å². The molecule has 0 aliphatic carbocycles. The van der Waals surface area contributed by atoms with E-state index in [9.17, 15) is 9.59 Å². The summed E-state index contributed by atoms with van der Waals surface area (Å²) in [6.07, 6.45) is 4.76. The Morgan fingerprint density at radius 3 is 2.17 bits per heavy atom. The number of benzene rings is 2. The van der Waals surface area contributed by atoms with Crippen LogP contribution >= 0.6 is 46.4 Å². The quantitative estimate of drug-likeness (QED) is 0.167. The molecule has 11 heteroatoms. The molecule has 0 bridgehead atoms. The Morgan fingerprint density at radius 2 is 1.69 bits per heavy atom. The predicted octanol–water partition coefficient (Wildman–Crippen LogP) is 7.87. The van der Waals surface area contributed by atoms with Crippen LogP contribution in [0.2, 0.25) is 5.02 Å². The van der Waals surface area contributed by atoms with Gasteiger partial charge in [-0.15, -0.1) is 0 Å². The molecular formula is C31H41Cl4NO6. The molecule has 2 aromatic rings. The molecule has 0 aromatic heterocycles. The lowest BCUT2D eigenvalue weighted by Crippen LogP contribution is -2.31. The first-order chi connectivity index (χ1) is 19.6. The lowest BCUT2D eigenvalue weighted by Gasteiger charge is -2.21. The first kappa shape index (κ1) is 38.0. The van der Waals surface area contributed by atoms with Crippen LogP contribution in [0.25, 0.3) is 0 Å². The number of hydrogen-bond donors (Lipinski definition) is 1. The number of ether oxygens (including phenoxy) is 4. The fraction of sp³-hybridized carbons (Fsp3) is 0.484. The van der Waals surface area contributed by atoms with Gasteiger partial charge in [-0.1, -0.05) is 102 Å². The van der Waals surface area contributed by atoms with Gasteiger partial charge in [0.25, 0.3) is 0 Å². The van der Waals surface area contributed by atoms with Crippen LogP contribution < -0.4 is 10.1 Å². The molecule has 0 radical (unpaired) electrons. The molecule has 1 amide bonds. The van der Waals surface area contributed by atoms with E-state index in [2.05, 4.69) is 12.2 Å². The van der Waals surface area contributed by atoms with Crippen molar-refractivity contribution in [2.24, 2.45) is 5.92 Å². The number of halogens is 4. The number of methoxy groups -OCH3 is 1. The second-order valence-corrected chi connectivity index (χ2v) is 13.0. The molecular weight excluding hydrogens is 624 g/mol. The van der Waals surface area contributed by atoms with Gasteiger partial charge in [0, 0.05) is 0 Å². The minimum atomic E-state index is -1.67. The topological polar surface area (TPSA) is 83.1 Å². The highest BCUT2D eigenvalue weighted by Gasteiger charge is 2.40.